The highest BCUT2D eigenvalue weighted by Crippen LogP contribution is 2.25. The van der Waals surface area contributed by atoms with Crippen LogP contribution >= 0.6 is 23.2 Å². The fraction of sp³-hybridized carbons (Fsp3) is 0.231. The van der Waals surface area contributed by atoms with Gasteiger partial charge in [0.2, 0.25) is 10.0 Å². The molecular weight excluding hydrogens is 319 g/mol. The van der Waals surface area contributed by atoms with Gasteiger partial charge >= 0.3 is 0 Å². The van der Waals surface area contributed by atoms with Crippen LogP contribution < -0.4 is 4.72 Å². The van der Waals surface area contributed by atoms with Crippen molar-refractivity contribution >= 4 is 33.2 Å². The quantitative estimate of drug-likeness (QED) is 0.935. The van der Waals surface area contributed by atoms with Crippen molar-refractivity contribution in [3.8, 4) is 0 Å². The van der Waals surface area contributed by atoms with Gasteiger partial charge in [-0.1, -0.05) is 23.2 Å². The lowest BCUT2D eigenvalue weighted by molar-refractivity contribution is 0.579. The van der Waals surface area contributed by atoms with E-state index < -0.39 is 10.0 Å². The average Bonchev–Trinajstić information content (AvgIpc) is 2.70. The SMILES string of the molecule is Cc1ccc(CNS(=O)(=O)c2cc(Cl)ccc2Cl)n1C. The van der Waals surface area contributed by atoms with Crippen molar-refractivity contribution in [2.45, 2.75) is 18.4 Å². The molecule has 1 N–H and O–H groups in total. The molecule has 0 aliphatic heterocycles. The predicted molar refractivity (Wildman–Crippen MR) is 80.6 cm³/mol. The van der Waals surface area contributed by atoms with E-state index in [0.717, 1.165) is 11.4 Å². The lowest BCUT2D eigenvalue weighted by Gasteiger charge is -2.10. The number of hydrogen-bond donors (Lipinski definition) is 1. The molecule has 0 fully saturated rings. The lowest BCUT2D eigenvalue weighted by atomic mass is 10.4. The maximum atomic E-state index is 12.2. The molecule has 2 rings (SSSR count). The predicted octanol–water partition coefficient (Wildman–Crippen LogP) is 3.12. The molecule has 0 aliphatic carbocycles. The molecule has 0 radical (unpaired) electrons. The number of rotatable bonds is 4. The van der Waals surface area contributed by atoms with Gasteiger partial charge in [-0.25, -0.2) is 13.1 Å². The van der Waals surface area contributed by atoms with Crippen LogP contribution in [-0.4, -0.2) is 13.0 Å². The van der Waals surface area contributed by atoms with E-state index in [9.17, 15) is 8.42 Å². The Morgan fingerprint density at radius 1 is 1.20 bits per heavy atom. The largest absolute Gasteiger partial charge is 0.351 e. The maximum absolute atomic E-state index is 12.2. The summed E-state index contributed by atoms with van der Waals surface area (Å²) in [7, 11) is -1.82. The zero-order valence-electron chi connectivity index (χ0n) is 11.0. The van der Waals surface area contributed by atoms with E-state index in [-0.39, 0.29) is 16.5 Å². The summed E-state index contributed by atoms with van der Waals surface area (Å²) in [4.78, 5) is -0.0161. The van der Waals surface area contributed by atoms with Crippen LogP contribution in [0.2, 0.25) is 10.0 Å². The summed E-state index contributed by atoms with van der Waals surface area (Å²) in [5.74, 6) is 0. The monoisotopic (exact) mass is 332 g/mol. The van der Waals surface area contributed by atoms with Crippen molar-refractivity contribution in [3.63, 3.8) is 0 Å². The normalized spacial score (nSPS) is 11.8. The van der Waals surface area contributed by atoms with E-state index in [4.69, 9.17) is 23.2 Å². The second-order valence-corrected chi connectivity index (χ2v) is 7.00. The van der Waals surface area contributed by atoms with Gasteiger partial charge in [-0.3, -0.25) is 0 Å². The van der Waals surface area contributed by atoms with Gasteiger partial charge in [-0.2, -0.15) is 0 Å². The third kappa shape index (κ3) is 3.17. The Kier molecular flexibility index (Phi) is 4.44. The molecule has 0 atom stereocenters. The standard InChI is InChI=1S/C13H14Cl2N2O2S/c1-9-3-5-11(17(9)2)8-16-20(18,19)13-7-10(14)4-6-12(13)15/h3-7,16H,8H2,1-2H3. The van der Waals surface area contributed by atoms with E-state index in [0.29, 0.717) is 5.02 Å². The number of aromatic nitrogens is 1. The second kappa shape index (κ2) is 5.77. The highest BCUT2D eigenvalue weighted by molar-refractivity contribution is 7.89. The molecular formula is C13H14Cl2N2O2S. The molecule has 0 saturated carbocycles. The molecule has 0 amide bonds. The summed E-state index contributed by atoms with van der Waals surface area (Å²) in [6, 6.07) is 8.14. The molecule has 0 saturated heterocycles. The van der Waals surface area contributed by atoms with Crippen LogP contribution in [0.3, 0.4) is 0 Å². The Hall–Kier alpha value is -1.01. The van der Waals surface area contributed by atoms with E-state index >= 15 is 0 Å². The average molecular weight is 333 g/mol. The van der Waals surface area contributed by atoms with Gasteiger partial charge in [0.05, 0.1) is 11.6 Å². The Bertz CT molecular complexity index is 739. The fourth-order valence-corrected chi connectivity index (χ4v) is 3.53. The first-order chi connectivity index (χ1) is 9.31. The van der Waals surface area contributed by atoms with Gasteiger partial charge in [0.15, 0.2) is 0 Å². The van der Waals surface area contributed by atoms with Crippen LogP contribution in [0.1, 0.15) is 11.4 Å². The second-order valence-electron chi connectivity index (χ2n) is 4.42. The van der Waals surface area contributed by atoms with E-state index in [1.165, 1.54) is 12.1 Å². The van der Waals surface area contributed by atoms with Crippen molar-refractivity contribution in [2.75, 3.05) is 0 Å². The molecule has 108 valence electrons. The summed E-state index contributed by atoms with van der Waals surface area (Å²) in [5, 5.41) is 0.467. The maximum Gasteiger partial charge on any atom is 0.242 e. The highest BCUT2D eigenvalue weighted by atomic mass is 35.5. The van der Waals surface area contributed by atoms with Crippen molar-refractivity contribution < 1.29 is 8.42 Å². The molecule has 4 nitrogen and oxygen atoms in total. The Morgan fingerprint density at radius 2 is 1.90 bits per heavy atom. The van der Waals surface area contributed by atoms with E-state index in [1.807, 2.05) is 30.7 Å². The van der Waals surface area contributed by atoms with Gasteiger partial charge < -0.3 is 4.57 Å². The molecule has 0 bridgehead atoms. The Morgan fingerprint density at radius 3 is 2.50 bits per heavy atom. The molecule has 7 heteroatoms. The summed E-state index contributed by atoms with van der Waals surface area (Å²) >= 11 is 11.7. The molecule has 2 aromatic rings. The summed E-state index contributed by atoms with van der Waals surface area (Å²) in [5.41, 5.74) is 1.92. The van der Waals surface area contributed by atoms with Crippen LogP contribution in [0, 0.1) is 6.92 Å². The van der Waals surface area contributed by atoms with Crippen LogP contribution in [0.15, 0.2) is 35.2 Å². The third-order valence-electron chi connectivity index (χ3n) is 3.10. The number of sulfonamides is 1. The van der Waals surface area contributed by atoms with Gasteiger partial charge in [-0.05, 0) is 37.3 Å². The minimum absolute atomic E-state index is 0.0161. The molecule has 0 unspecified atom stereocenters. The summed E-state index contributed by atoms with van der Waals surface area (Å²) < 4.78 is 28.9. The number of aryl methyl sites for hydroxylation is 1. The number of nitrogens with one attached hydrogen (secondary N) is 1. The molecule has 1 aromatic heterocycles. The number of benzene rings is 1. The lowest BCUT2D eigenvalue weighted by Crippen LogP contribution is -2.24. The zero-order valence-corrected chi connectivity index (χ0v) is 13.4. The molecule has 0 spiro atoms. The van der Waals surface area contributed by atoms with Gasteiger partial charge in [0.1, 0.15) is 4.90 Å². The fourth-order valence-electron chi connectivity index (χ4n) is 1.77. The minimum Gasteiger partial charge on any atom is -0.351 e. The number of halogens is 2. The van der Waals surface area contributed by atoms with E-state index in [2.05, 4.69) is 4.72 Å². The van der Waals surface area contributed by atoms with E-state index in [1.54, 1.807) is 6.07 Å². The van der Waals surface area contributed by atoms with Crippen LogP contribution in [0.5, 0.6) is 0 Å². The smallest absolute Gasteiger partial charge is 0.242 e. The Labute approximate surface area is 128 Å². The number of nitrogens with zero attached hydrogens (tertiary/aromatic N) is 1. The van der Waals surface area contributed by atoms with Crippen LogP contribution in [-0.2, 0) is 23.6 Å². The topological polar surface area (TPSA) is 51.1 Å². The Balaban J connectivity index is 2.24. The first kappa shape index (κ1) is 15.4. The van der Waals surface area contributed by atoms with Crippen molar-refractivity contribution in [3.05, 3.63) is 51.8 Å². The molecule has 0 aliphatic rings. The summed E-state index contributed by atoms with van der Waals surface area (Å²) in [6.45, 7) is 2.14. The first-order valence-electron chi connectivity index (χ1n) is 5.87. The highest BCUT2D eigenvalue weighted by Gasteiger charge is 2.18. The first-order valence-corrected chi connectivity index (χ1v) is 8.11. The number of hydrogen-bond acceptors (Lipinski definition) is 2. The van der Waals surface area contributed by atoms with Crippen LogP contribution in [0.4, 0.5) is 0 Å². The molecule has 1 heterocycles. The zero-order chi connectivity index (χ0) is 14.9. The minimum atomic E-state index is -3.70. The van der Waals surface area contributed by atoms with Gasteiger partial charge in [0.25, 0.3) is 0 Å². The third-order valence-corrected chi connectivity index (χ3v) is 5.22. The van der Waals surface area contributed by atoms with Crippen molar-refractivity contribution in [1.82, 2.24) is 9.29 Å². The van der Waals surface area contributed by atoms with Crippen molar-refractivity contribution in [2.24, 2.45) is 7.05 Å². The van der Waals surface area contributed by atoms with Gasteiger partial charge in [-0.15, -0.1) is 0 Å². The molecule has 1 aromatic carbocycles. The van der Waals surface area contributed by atoms with Crippen molar-refractivity contribution in [1.29, 1.82) is 0 Å². The van der Waals surface area contributed by atoms with Crippen LogP contribution in [0.25, 0.3) is 0 Å². The van der Waals surface area contributed by atoms with Gasteiger partial charge in [0, 0.05) is 23.5 Å². The molecule has 20 heavy (non-hydrogen) atoms. The summed E-state index contributed by atoms with van der Waals surface area (Å²) in [6.07, 6.45) is 0.